The topological polar surface area (TPSA) is 49.3 Å². The monoisotopic (exact) mass is 205 g/mol. The first-order valence-electron chi connectivity index (χ1n) is 3.04. The molecule has 12 heavy (non-hydrogen) atoms. The number of hydrogen-bond donors (Lipinski definition) is 2. The van der Waals surface area contributed by atoms with Crippen LogP contribution < -0.4 is 5.32 Å². The van der Waals surface area contributed by atoms with E-state index in [-0.39, 0.29) is 0 Å². The van der Waals surface area contributed by atoms with E-state index in [0.29, 0.717) is 15.7 Å². The Bertz CT molecular complexity index is 294. The molecule has 0 heterocycles. The molecule has 64 valence electrons. The molecule has 1 amide bonds. The number of carboxylic acid groups (broad SMARTS) is 1. The molecule has 0 bridgehead atoms. The van der Waals surface area contributed by atoms with E-state index >= 15 is 0 Å². The summed E-state index contributed by atoms with van der Waals surface area (Å²) in [7, 11) is 0. The quantitative estimate of drug-likeness (QED) is 0.741. The molecule has 0 unspecified atom stereocenters. The first kappa shape index (κ1) is 9.16. The van der Waals surface area contributed by atoms with Crippen LogP contribution in [0.1, 0.15) is 0 Å². The first-order chi connectivity index (χ1) is 5.58. The van der Waals surface area contributed by atoms with Crippen LogP contribution in [-0.2, 0) is 0 Å². The van der Waals surface area contributed by atoms with Crippen LogP contribution >= 0.6 is 23.2 Å². The minimum Gasteiger partial charge on any atom is -0.465 e. The third kappa shape index (κ3) is 2.60. The Morgan fingerprint density at radius 1 is 1.25 bits per heavy atom. The van der Waals surface area contributed by atoms with Gasteiger partial charge in [-0.15, -0.1) is 0 Å². The van der Waals surface area contributed by atoms with Crippen molar-refractivity contribution < 1.29 is 9.90 Å². The van der Waals surface area contributed by atoms with Crippen molar-refractivity contribution in [3.63, 3.8) is 0 Å². The Kier molecular flexibility index (Phi) is 2.78. The van der Waals surface area contributed by atoms with Crippen LogP contribution in [-0.4, -0.2) is 11.2 Å². The van der Waals surface area contributed by atoms with Crippen LogP contribution in [0.2, 0.25) is 10.0 Å². The van der Waals surface area contributed by atoms with Gasteiger partial charge >= 0.3 is 6.09 Å². The number of carbonyl (C=O) groups is 1. The second-order valence-corrected chi connectivity index (χ2v) is 2.96. The average Bonchev–Trinajstić information content (AvgIpc) is 1.81. The molecule has 0 saturated carbocycles. The molecule has 2 N–H and O–H groups in total. The van der Waals surface area contributed by atoms with E-state index in [2.05, 4.69) is 5.32 Å². The highest BCUT2D eigenvalue weighted by atomic mass is 35.5. The Labute approximate surface area is 78.9 Å². The van der Waals surface area contributed by atoms with Gasteiger partial charge in [0.2, 0.25) is 0 Å². The molecule has 1 aromatic rings. The smallest absolute Gasteiger partial charge is 0.409 e. The number of hydrogen-bond acceptors (Lipinski definition) is 1. The standard InChI is InChI=1S/C7H5Cl2NO2/c8-4-1-5(9)3-6(2-4)10-7(11)12/h1-3,10H,(H,11,12). The fraction of sp³-hybridized carbons (Fsp3) is 0. The minimum atomic E-state index is -1.15. The van der Waals surface area contributed by atoms with Crippen molar-refractivity contribution in [2.24, 2.45) is 0 Å². The highest BCUT2D eigenvalue weighted by Crippen LogP contribution is 2.22. The lowest BCUT2D eigenvalue weighted by atomic mass is 10.3. The van der Waals surface area contributed by atoms with Gasteiger partial charge in [0.25, 0.3) is 0 Å². The van der Waals surface area contributed by atoms with Gasteiger partial charge in [0.05, 0.1) is 0 Å². The van der Waals surface area contributed by atoms with Crippen LogP contribution in [0, 0.1) is 0 Å². The third-order valence-electron chi connectivity index (χ3n) is 1.11. The summed E-state index contributed by atoms with van der Waals surface area (Å²) in [4.78, 5) is 10.2. The summed E-state index contributed by atoms with van der Waals surface area (Å²) in [5, 5.41) is 11.3. The average molecular weight is 206 g/mol. The van der Waals surface area contributed by atoms with Gasteiger partial charge in [0.1, 0.15) is 0 Å². The Morgan fingerprint density at radius 2 is 1.75 bits per heavy atom. The van der Waals surface area contributed by atoms with Crippen LogP contribution in [0.5, 0.6) is 0 Å². The summed E-state index contributed by atoms with van der Waals surface area (Å²) >= 11 is 11.2. The zero-order valence-electron chi connectivity index (χ0n) is 5.84. The van der Waals surface area contributed by atoms with E-state index in [4.69, 9.17) is 28.3 Å². The molecule has 0 atom stereocenters. The molecular weight excluding hydrogens is 201 g/mol. The molecule has 3 nitrogen and oxygen atoms in total. The van der Waals surface area contributed by atoms with Gasteiger partial charge in [-0.25, -0.2) is 4.79 Å². The third-order valence-corrected chi connectivity index (χ3v) is 1.55. The van der Waals surface area contributed by atoms with Crippen LogP contribution in [0.15, 0.2) is 18.2 Å². The highest BCUT2D eigenvalue weighted by molar-refractivity contribution is 6.35. The Morgan fingerprint density at radius 3 is 2.17 bits per heavy atom. The van der Waals surface area contributed by atoms with Gasteiger partial charge < -0.3 is 5.11 Å². The molecule has 0 aromatic heterocycles. The van der Waals surface area contributed by atoms with Crippen molar-refractivity contribution in [3.05, 3.63) is 28.2 Å². The number of anilines is 1. The van der Waals surface area contributed by atoms with Crippen molar-refractivity contribution in [1.82, 2.24) is 0 Å². The normalized spacial score (nSPS) is 9.50. The minimum absolute atomic E-state index is 0.361. The Hall–Kier alpha value is -0.930. The number of nitrogens with one attached hydrogen (secondary N) is 1. The van der Waals surface area contributed by atoms with E-state index in [1.54, 1.807) is 0 Å². The number of halogens is 2. The van der Waals surface area contributed by atoms with Gasteiger partial charge in [-0.1, -0.05) is 23.2 Å². The van der Waals surface area contributed by atoms with Crippen LogP contribution in [0.3, 0.4) is 0 Å². The zero-order valence-corrected chi connectivity index (χ0v) is 7.36. The van der Waals surface area contributed by atoms with Crippen molar-refractivity contribution in [1.29, 1.82) is 0 Å². The van der Waals surface area contributed by atoms with Gasteiger partial charge in [0, 0.05) is 15.7 Å². The van der Waals surface area contributed by atoms with Gasteiger partial charge in [-0.05, 0) is 18.2 Å². The van der Waals surface area contributed by atoms with Gasteiger partial charge in [-0.2, -0.15) is 0 Å². The molecular formula is C7H5Cl2NO2. The SMILES string of the molecule is O=C(O)Nc1cc(Cl)cc(Cl)c1. The molecule has 0 saturated heterocycles. The van der Waals surface area contributed by atoms with Crippen LogP contribution in [0.25, 0.3) is 0 Å². The maximum absolute atomic E-state index is 10.2. The van der Waals surface area contributed by atoms with E-state index in [9.17, 15) is 4.79 Å². The van der Waals surface area contributed by atoms with Crippen molar-refractivity contribution in [2.75, 3.05) is 5.32 Å². The molecule has 0 aliphatic heterocycles. The lowest BCUT2D eigenvalue weighted by molar-refractivity contribution is 0.210. The lowest BCUT2D eigenvalue weighted by Crippen LogP contribution is -2.06. The molecule has 1 aromatic carbocycles. The molecule has 0 radical (unpaired) electrons. The number of rotatable bonds is 1. The Balaban J connectivity index is 2.93. The predicted molar refractivity (Wildman–Crippen MR) is 48.1 cm³/mol. The van der Waals surface area contributed by atoms with Crippen LogP contribution in [0.4, 0.5) is 10.5 Å². The van der Waals surface area contributed by atoms with E-state index in [0.717, 1.165) is 0 Å². The maximum atomic E-state index is 10.2. The van der Waals surface area contributed by atoms with Crippen molar-refractivity contribution in [3.8, 4) is 0 Å². The van der Waals surface area contributed by atoms with E-state index < -0.39 is 6.09 Å². The lowest BCUT2D eigenvalue weighted by Gasteiger charge is -2.01. The largest absolute Gasteiger partial charge is 0.465 e. The van der Waals surface area contributed by atoms with Gasteiger partial charge in [-0.3, -0.25) is 5.32 Å². The fourth-order valence-corrected chi connectivity index (χ4v) is 1.28. The highest BCUT2D eigenvalue weighted by Gasteiger charge is 2.00. The van der Waals surface area contributed by atoms with Gasteiger partial charge in [0.15, 0.2) is 0 Å². The molecule has 0 aliphatic carbocycles. The van der Waals surface area contributed by atoms with E-state index in [1.807, 2.05) is 0 Å². The van der Waals surface area contributed by atoms with E-state index in [1.165, 1.54) is 18.2 Å². The summed E-state index contributed by atoms with van der Waals surface area (Å²) in [6, 6.07) is 4.47. The number of amides is 1. The molecule has 0 spiro atoms. The molecule has 0 aliphatic rings. The number of benzene rings is 1. The summed E-state index contributed by atoms with van der Waals surface area (Å²) in [6.45, 7) is 0. The molecule has 5 heteroatoms. The first-order valence-corrected chi connectivity index (χ1v) is 3.79. The molecule has 1 rings (SSSR count). The maximum Gasteiger partial charge on any atom is 0.409 e. The predicted octanol–water partition coefficient (Wildman–Crippen LogP) is 3.08. The zero-order chi connectivity index (χ0) is 9.14. The van der Waals surface area contributed by atoms with Crippen molar-refractivity contribution >= 4 is 35.0 Å². The summed E-state index contributed by atoms with van der Waals surface area (Å²) in [5.74, 6) is 0. The summed E-state index contributed by atoms with van der Waals surface area (Å²) < 4.78 is 0. The molecule has 0 fully saturated rings. The second kappa shape index (κ2) is 3.65. The summed E-state index contributed by atoms with van der Waals surface area (Å²) in [6.07, 6.45) is -1.15. The fourth-order valence-electron chi connectivity index (χ4n) is 0.749. The summed E-state index contributed by atoms with van der Waals surface area (Å²) in [5.41, 5.74) is 0.361. The van der Waals surface area contributed by atoms with Crippen molar-refractivity contribution in [2.45, 2.75) is 0 Å². The second-order valence-electron chi connectivity index (χ2n) is 2.09.